The van der Waals surface area contributed by atoms with Crippen molar-refractivity contribution >= 4 is 11.7 Å². The number of carbonyl (C=O) groups is 1. The molecule has 0 saturated carbocycles. The van der Waals surface area contributed by atoms with Gasteiger partial charge in [0.05, 0.1) is 12.0 Å². The van der Waals surface area contributed by atoms with Gasteiger partial charge in [0.15, 0.2) is 11.6 Å². The Balaban J connectivity index is 2.16. The van der Waals surface area contributed by atoms with Crippen molar-refractivity contribution in [3.05, 3.63) is 24.1 Å². The van der Waals surface area contributed by atoms with E-state index in [1.807, 2.05) is 6.92 Å². The Labute approximate surface area is 112 Å². The summed E-state index contributed by atoms with van der Waals surface area (Å²) in [5, 5.41) is 0. The van der Waals surface area contributed by atoms with E-state index in [0.717, 1.165) is 19.3 Å². The summed E-state index contributed by atoms with van der Waals surface area (Å²) >= 11 is 0. The molecule has 4 nitrogen and oxygen atoms in total. The number of anilines is 1. The minimum atomic E-state index is -0.483. The molecule has 2 atom stereocenters. The number of ether oxygens (including phenoxy) is 1. The summed E-state index contributed by atoms with van der Waals surface area (Å²) in [5.41, 5.74) is 0. The van der Waals surface area contributed by atoms with Gasteiger partial charge in [-0.15, -0.1) is 0 Å². The molecule has 5 heteroatoms. The quantitative estimate of drug-likeness (QED) is 0.843. The molecule has 0 radical (unpaired) electrons. The maximum absolute atomic E-state index is 13.7. The number of aromatic nitrogens is 1. The molecule has 1 aromatic heterocycles. The van der Waals surface area contributed by atoms with Gasteiger partial charge in [-0.1, -0.05) is 6.92 Å². The molecule has 0 spiro atoms. The van der Waals surface area contributed by atoms with Crippen LogP contribution in [0.15, 0.2) is 18.3 Å². The topological polar surface area (TPSA) is 42.4 Å². The fourth-order valence-corrected chi connectivity index (χ4v) is 2.50. The molecule has 2 unspecified atom stereocenters. The van der Waals surface area contributed by atoms with Gasteiger partial charge in [0.1, 0.15) is 0 Å². The zero-order valence-corrected chi connectivity index (χ0v) is 11.3. The van der Waals surface area contributed by atoms with Crippen LogP contribution in [0.3, 0.4) is 0 Å². The first kappa shape index (κ1) is 13.9. The van der Waals surface area contributed by atoms with Crippen LogP contribution in [0.25, 0.3) is 0 Å². The van der Waals surface area contributed by atoms with E-state index in [1.54, 1.807) is 7.05 Å². The minimum absolute atomic E-state index is 0.0736. The molecule has 0 aromatic carbocycles. The van der Waals surface area contributed by atoms with Crippen molar-refractivity contribution in [3.8, 4) is 0 Å². The summed E-state index contributed by atoms with van der Waals surface area (Å²) in [5.74, 6) is -0.731. The number of nitrogens with zero attached hydrogens (tertiary/aromatic N) is 2. The summed E-state index contributed by atoms with van der Waals surface area (Å²) in [7, 11) is 1.56. The minimum Gasteiger partial charge on any atom is -0.377 e. The lowest BCUT2D eigenvalue weighted by atomic mass is 9.91. The maximum atomic E-state index is 13.7. The predicted octanol–water partition coefficient (Wildman–Crippen LogP) is 2.39. The van der Waals surface area contributed by atoms with E-state index in [2.05, 4.69) is 4.98 Å². The van der Waals surface area contributed by atoms with Crippen LogP contribution in [0.5, 0.6) is 0 Å². The molecule has 1 fully saturated rings. The van der Waals surface area contributed by atoms with Crippen molar-refractivity contribution < 1.29 is 13.9 Å². The molecule has 1 amide bonds. The first-order valence-corrected chi connectivity index (χ1v) is 6.64. The Bertz CT molecular complexity index is 453. The first-order valence-electron chi connectivity index (χ1n) is 6.64. The first-order chi connectivity index (χ1) is 9.15. The number of hydrogen-bond acceptors (Lipinski definition) is 3. The summed E-state index contributed by atoms with van der Waals surface area (Å²) in [6.07, 6.45) is 3.85. The van der Waals surface area contributed by atoms with Crippen molar-refractivity contribution in [2.24, 2.45) is 5.92 Å². The third-order valence-electron chi connectivity index (χ3n) is 3.55. The van der Waals surface area contributed by atoms with Gasteiger partial charge in [-0.25, -0.2) is 9.37 Å². The van der Waals surface area contributed by atoms with E-state index in [-0.39, 0.29) is 23.7 Å². The van der Waals surface area contributed by atoms with Crippen LogP contribution in [0.1, 0.15) is 26.2 Å². The fourth-order valence-electron chi connectivity index (χ4n) is 2.50. The van der Waals surface area contributed by atoms with E-state index >= 15 is 0 Å². The third kappa shape index (κ3) is 2.92. The van der Waals surface area contributed by atoms with Crippen LogP contribution in [-0.2, 0) is 9.53 Å². The standard InChI is InChI=1S/C14H19FN2O2/c1-3-12-10(6-5-9-19-12)14(18)17(2)13-11(15)7-4-8-16-13/h4,7-8,10,12H,3,5-6,9H2,1-2H3. The zero-order chi connectivity index (χ0) is 13.8. The summed E-state index contributed by atoms with van der Waals surface area (Å²) < 4.78 is 19.3. The Morgan fingerprint density at radius 1 is 1.63 bits per heavy atom. The number of amides is 1. The molecule has 104 valence electrons. The van der Waals surface area contributed by atoms with Crippen molar-refractivity contribution in [2.75, 3.05) is 18.6 Å². The molecule has 2 heterocycles. The van der Waals surface area contributed by atoms with Crippen LogP contribution >= 0.6 is 0 Å². The van der Waals surface area contributed by atoms with Crippen molar-refractivity contribution in [2.45, 2.75) is 32.3 Å². The summed E-state index contributed by atoms with van der Waals surface area (Å²) in [6.45, 7) is 2.70. The molecule has 1 aliphatic heterocycles. The number of halogens is 1. The molecule has 1 saturated heterocycles. The molecule has 19 heavy (non-hydrogen) atoms. The lowest BCUT2D eigenvalue weighted by Gasteiger charge is -2.32. The molecular weight excluding hydrogens is 247 g/mol. The van der Waals surface area contributed by atoms with Gasteiger partial charge in [-0.3, -0.25) is 9.69 Å². The third-order valence-corrected chi connectivity index (χ3v) is 3.55. The Morgan fingerprint density at radius 3 is 3.11 bits per heavy atom. The van der Waals surface area contributed by atoms with Gasteiger partial charge in [0.25, 0.3) is 0 Å². The Kier molecular flexibility index (Phi) is 4.47. The van der Waals surface area contributed by atoms with Crippen molar-refractivity contribution in [1.82, 2.24) is 4.98 Å². The molecule has 0 bridgehead atoms. The number of carbonyl (C=O) groups excluding carboxylic acids is 1. The zero-order valence-electron chi connectivity index (χ0n) is 11.3. The normalized spacial score (nSPS) is 23.1. The summed E-state index contributed by atoms with van der Waals surface area (Å²) in [6, 6.07) is 2.82. The molecule has 1 aliphatic rings. The predicted molar refractivity (Wildman–Crippen MR) is 70.4 cm³/mol. The lowest BCUT2D eigenvalue weighted by molar-refractivity contribution is -0.131. The monoisotopic (exact) mass is 266 g/mol. The van der Waals surface area contributed by atoms with E-state index < -0.39 is 5.82 Å². The van der Waals surface area contributed by atoms with E-state index in [0.29, 0.717) is 6.61 Å². The Hall–Kier alpha value is -1.49. The highest BCUT2D eigenvalue weighted by molar-refractivity contribution is 5.94. The van der Waals surface area contributed by atoms with E-state index in [1.165, 1.54) is 23.2 Å². The molecule has 0 aliphatic carbocycles. The SMILES string of the molecule is CCC1OCCCC1C(=O)N(C)c1ncccc1F. The van der Waals surface area contributed by atoms with E-state index in [9.17, 15) is 9.18 Å². The highest BCUT2D eigenvalue weighted by atomic mass is 19.1. The molecule has 1 aromatic rings. The highest BCUT2D eigenvalue weighted by Gasteiger charge is 2.33. The average molecular weight is 266 g/mol. The average Bonchev–Trinajstić information content (AvgIpc) is 2.46. The van der Waals surface area contributed by atoms with Gasteiger partial charge < -0.3 is 4.74 Å². The molecular formula is C14H19FN2O2. The van der Waals surface area contributed by atoms with Gasteiger partial charge >= 0.3 is 0 Å². The maximum Gasteiger partial charge on any atom is 0.233 e. The van der Waals surface area contributed by atoms with Crippen molar-refractivity contribution in [3.63, 3.8) is 0 Å². The van der Waals surface area contributed by atoms with Crippen LogP contribution < -0.4 is 4.90 Å². The molecule has 2 rings (SSSR count). The largest absolute Gasteiger partial charge is 0.377 e. The highest BCUT2D eigenvalue weighted by Crippen LogP contribution is 2.26. The van der Waals surface area contributed by atoms with Crippen LogP contribution in [0, 0.1) is 11.7 Å². The van der Waals surface area contributed by atoms with E-state index in [4.69, 9.17) is 4.74 Å². The second-order valence-corrected chi connectivity index (χ2v) is 4.77. The number of pyridine rings is 1. The lowest BCUT2D eigenvalue weighted by Crippen LogP contribution is -2.42. The van der Waals surface area contributed by atoms with Crippen LogP contribution in [-0.4, -0.2) is 30.6 Å². The molecule has 0 N–H and O–H groups in total. The van der Waals surface area contributed by atoms with Gasteiger partial charge in [0, 0.05) is 19.9 Å². The fraction of sp³-hybridized carbons (Fsp3) is 0.571. The van der Waals surface area contributed by atoms with Crippen LogP contribution in [0.2, 0.25) is 0 Å². The smallest absolute Gasteiger partial charge is 0.233 e. The number of hydrogen-bond donors (Lipinski definition) is 0. The van der Waals surface area contributed by atoms with Gasteiger partial charge in [-0.2, -0.15) is 0 Å². The second-order valence-electron chi connectivity index (χ2n) is 4.77. The van der Waals surface area contributed by atoms with Crippen molar-refractivity contribution in [1.29, 1.82) is 0 Å². The Morgan fingerprint density at radius 2 is 2.42 bits per heavy atom. The van der Waals surface area contributed by atoms with Gasteiger partial charge in [0.2, 0.25) is 5.91 Å². The second kappa shape index (κ2) is 6.10. The van der Waals surface area contributed by atoms with Crippen LogP contribution in [0.4, 0.5) is 10.2 Å². The summed E-state index contributed by atoms with van der Waals surface area (Å²) in [4.78, 5) is 17.7. The number of rotatable bonds is 3. The van der Waals surface area contributed by atoms with Gasteiger partial charge in [-0.05, 0) is 31.4 Å².